The lowest BCUT2D eigenvalue weighted by atomic mass is 9.29. The van der Waals surface area contributed by atoms with E-state index in [2.05, 4.69) is 482 Å². The van der Waals surface area contributed by atoms with Crippen LogP contribution in [-0.2, 0) is 0 Å². The molecule has 0 aromatic heterocycles. The van der Waals surface area contributed by atoms with Crippen LogP contribution in [-0.4, -0.2) is 20.1 Å². The maximum Gasteiger partial charge on any atom is 0.256 e. The molecule has 18 aromatic rings. The maximum atomic E-state index is 8.13. The van der Waals surface area contributed by atoms with Crippen LogP contribution in [0.5, 0.6) is 11.5 Å². The van der Waals surface area contributed by atoms with Gasteiger partial charge in [0.2, 0.25) is 0 Å². The van der Waals surface area contributed by atoms with Gasteiger partial charge in [-0.3, -0.25) is 0 Å². The summed E-state index contributed by atoms with van der Waals surface area (Å²) in [4.78, 5) is 19.9. The molecule has 0 saturated heterocycles. The molecule has 24 rings (SSSR count). The Morgan fingerprint density at radius 2 is 0.392 bits per heavy atom. The Morgan fingerprint density at radius 1 is 0.158 bits per heavy atom. The summed E-state index contributed by atoms with van der Waals surface area (Å²) in [6.07, 6.45) is 0. The number of fused-ring (bicyclic) bond motifs is 12. The average molecular weight is 1530 g/mol. The number of nitrogens with zero attached hydrogens (tertiary/aromatic N) is 8. The highest BCUT2D eigenvalue weighted by Gasteiger charge is 2.51. The van der Waals surface area contributed by atoms with Gasteiger partial charge < -0.3 is 43.9 Å². The molecule has 0 amide bonds. The first-order chi connectivity index (χ1) is 59.6. The molecular formula is C108H73B3N8O. The van der Waals surface area contributed by atoms with E-state index in [1.54, 1.807) is 0 Å². The Morgan fingerprint density at radius 3 is 0.700 bits per heavy atom. The third-order valence-electron chi connectivity index (χ3n) is 24.8. The zero-order valence-corrected chi connectivity index (χ0v) is 65.4. The molecule has 120 heavy (non-hydrogen) atoms. The molecule has 12 heteroatoms. The van der Waals surface area contributed by atoms with E-state index in [1.165, 1.54) is 38.2 Å². The summed E-state index contributed by atoms with van der Waals surface area (Å²) in [5, 5.41) is 0. The van der Waals surface area contributed by atoms with Gasteiger partial charge in [0, 0.05) is 132 Å². The fraction of sp³-hybridized carbons (Fsp3) is 0. The Bertz CT molecular complexity index is 6880. The van der Waals surface area contributed by atoms with Crippen LogP contribution >= 0.6 is 0 Å². The highest BCUT2D eigenvalue weighted by atomic mass is 16.5. The predicted octanol–water partition coefficient (Wildman–Crippen LogP) is 22.7. The van der Waals surface area contributed by atoms with Crippen molar-refractivity contribution >= 4 is 206 Å². The zero-order valence-electron chi connectivity index (χ0n) is 65.4. The van der Waals surface area contributed by atoms with E-state index in [0.717, 1.165) is 159 Å². The summed E-state index contributed by atoms with van der Waals surface area (Å²) in [6, 6.07) is 163. The maximum absolute atomic E-state index is 8.13. The van der Waals surface area contributed by atoms with Crippen LogP contribution in [0.1, 0.15) is 0 Å². The van der Waals surface area contributed by atoms with E-state index < -0.39 is 6.71 Å². The molecule has 0 aliphatic carbocycles. The van der Waals surface area contributed by atoms with Crippen LogP contribution in [0.3, 0.4) is 0 Å². The first kappa shape index (κ1) is 68.7. The van der Waals surface area contributed by atoms with Crippen molar-refractivity contribution in [2.24, 2.45) is 0 Å². The van der Waals surface area contributed by atoms with E-state index in [0.29, 0.717) is 0 Å². The molecule has 0 unspecified atom stereocenters. The lowest BCUT2D eigenvalue weighted by molar-refractivity contribution is 0.488. The van der Waals surface area contributed by atoms with E-state index in [4.69, 9.17) is 4.74 Å². The van der Waals surface area contributed by atoms with E-state index in [9.17, 15) is 0 Å². The van der Waals surface area contributed by atoms with Crippen molar-refractivity contribution < 1.29 is 4.74 Å². The van der Waals surface area contributed by atoms with E-state index in [1.807, 2.05) is 0 Å². The van der Waals surface area contributed by atoms with Crippen molar-refractivity contribution in [1.29, 1.82) is 0 Å². The Hall–Kier alpha value is -15.6. The summed E-state index contributed by atoms with van der Waals surface area (Å²) in [7, 11) is 0. The second-order valence-electron chi connectivity index (χ2n) is 31.5. The third-order valence-corrected chi connectivity index (χ3v) is 24.8. The summed E-state index contributed by atoms with van der Waals surface area (Å²) in [6.45, 7) is -0.903. The normalized spacial score (nSPS) is 13.1. The summed E-state index contributed by atoms with van der Waals surface area (Å²) < 4.78 is 8.13. The molecule has 0 fully saturated rings. The van der Waals surface area contributed by atoms with Crippen LogP contribution in [0.4, 0.5) is 136 Å². The topological polar surface area (TPSA) is 35.2 Å². The Kier molecular flexibility index (Phi) is 16.1. The number of benzene rings is 18. The van der Waals surface area contributed by atoms with Crippen molar-refractivity contribution in [2.45, 2.75) is 0 Å². The van der Waals surface area contributed by atoms with Gasteiger partial charge in [-0.2, -0.15) is 0 Å². The number of ether oxygens (including phenoxy) is 1. The average Bonchev–Trinajstić information content (AvgIpc) is 0.681. The van der Waals surface area contributed by atoms with Gasteiger partial charge in [0.25, 0.3) is 20.1 Å². The standard InChI is InChI=1S/C108H73B3N8O/c1-12-38-74(39-13-1)112(75-40-14-2-15-41-75)85-64-99-106-101(66-85)117(82-54-28-9-29-55-82)96-72-97-91(70-90(96)109(106)88-60-34-36-62-94(88)115(99)80-50-24-7-25-51-80)111-93-71-92-98(73-104(93)120-105-69-87(68-103(108(105)111)118(97)83-56-30-10-31-57-83)114(78-46-20-5-21-47-78)79-48-22-6-23-49-79)119(84-58-32-11-33-59-84)102-67-86(113(76-42-16-3-17-43-76)77-44-18-4-19-45-77)65-100-107(102)110(92)89-61-35-37-63-95(89)116(100)81-52-26-8-27-53-81/h1-73H. The number of rotatable bonds is 14. The minimum Gasteiger partial charge on any atom is -0.458 e. The molecule has 6 aliphatic rings. The number of hydrogen-bond acceptors (Lipinski definition) is 9. The fourth-order valence-electron chi connectivity index (χ4n) is 20.1. The van der Waals surface area contributed by atoms with Gasteiger partial charge in [-0.25, -0.2) is 0 Å². The molecule has 0 saturated carbocycles. The first-order valence-corrected chi connectivity index (χ1v) is 41.3. The Balaban J connectivity index is 0.812. The fourth-order valence-corrected chi connectivity index (χ4v) is 20.1. The highest BCUT2D eigenvalue weighted by Crippen LogP contribution is 2.54. The molecule has 0 atom stereocenters. The molecule has 6 heterocycles. The lowest BCUT2D eigenvalue weighted by Crippen LogP contribution is -2.66. The Labute approximate surface area is 699 Å². The van der Waals surface area contributed by atoms with Crippen molar-refractivity contribution in [3.63, 3.8) is 0 Å². The smallest absolute Gasteiger partial charge is 0.256 e. The lowest BCUT2D eigenvalue weighted by Gasteiger charge is -2.47. The van der Waals surface area contributed by atoms with Crippen molar-refractivity contribution in [3.05, 3.63) is 443 Å². The second-order valence-corrected chi connectivity index (χ2v) is 31.5. The van der Waals surface area contributed by atoms with Crippen LogP contribution in [0.2, 0.25) is 0 Å². The summed E-state index contributed by atoms with van der Waals surface area (Å²) >= 11 is 0. The molecule has 0 radical (unpaired) electrons. The quantitative estimate of drug-likeness (QED) is 0.0990. The largest absolute Gasteiger partial charge is 0.458 e. The van der Waals surface area contributed by atoms with Gasteiger partial charge in [0.15, 0.2) is 0 Å². The van der Waals surface area contributed by atoms with Crippen molar-refractivity contribution in [3.8, 4) is 11.5 Å². The minimum absolute atomic E-state index is 0.255. The number of anilines is 24. The minimum atomic E-state index is -0.392. The zero-order chi connectivity index (χ0) is 78.9. The molecule has 18 aromatic carbocycles. The summed E-state index contributed by atoms with van der Waals surface area (Å²) in [5.41, 5.74) is 36.0. The molecule has 6 aliphatic heterocycles. The molecule has 560 valence electrons. The molecule has 0 bridgehead atoms. The van der Waals surface area contributed by atoms with Gasteiger partial charge in [-0.1, -0.05) is 249 Å². The van der Waals surface area contributed by atoms with Crippen molar-refractivity contribution in [1.82, 2.24) is 0 Å². The molecule has 0 N–H and O–H groups in total. The number of hydrogen-bond donors (Lipinski definition) is 0. The highest BCUT2D eigenvalue weighted by molar-refractivity contribution is 7.04. The van der Waals surface area contributed by atoms with Crippen LogP contribution in [0, 0.1) is 0 Å². The molecule has 0 spiro atoms. The molecular weight excluding hydrogens is 1460 g/mol. The van der Waals surface area contributed by atoms with Gasteiger partial charge in [-0.15, -0.1) is 0 Å². The number of para-hydroxylation sites is 13. The van der Waals surface area contributed by atoms with Crippen LogP contribution in [0.25, 0.3) is 0 Å². The van der Waals surface area contributed by atoms with Gasteiger partial charge in [0.05, 0.1) is 17.1 Å². The second kappa shape index (κ2) is 28.1. The molecule has 9 nitrogen and oxygen atoms in total. The SMILES string of the molecule is c1ccc(N(c2ccccc2)c2cc3c4c(c2)N(c2ccccc2)c2cc5c(cc2B4c2cc4c(cc2O3)N(c2ccccc2)c2cc(N(c3ccccc3)c3ccccc3)cc3c2B4c2ccccc2N3c2ccccc2)B2c3ccccc3N(c3ccccc3)c3cc(N(c4ccccc4)c4ccccc4)cc(c32)N5c2ccccc2)cc1. The van der Waals surface area contributed by atoms with Gasteiger partial charge in [0.1, 0.15) is 11.5 Å². The van der Waals surface area contributed by atoms with Gasteiger partial charge >= 0.3 is 0 Å². The summed E-state index contributed by atoms with van der Waals surface area (Å²) in [5.74, 6) is 1.57. The van der Waals surface area contributed by atoms with Gasteiger partial charge in [-0.05, 0) is 231 Å². The van der Waals surface area contributed by atoms with Crippen LogP contribution in [0.15, 0.2) is 443 Å². The first-order valence-electron chi connectivity index (χ1n) is 41.3. The van der Waals surface area contributed by atoms with E-state index >= 15 is 0 Å². The van der Waals surface area contributed by atoms with Crippen molar-refractivity contribution in [2.75, 3.05) is 39.2 Å². The van der Waals surface area contributed by atoms with Crippen LogP contribution < -0.4 is 93.1 Å². The predicted molar refractivity (Wildman–Crippen MR) is 504 cm³/mol. The van der Waals surface area contributed by atoms with E-state index in [-0.39, 0.29) is 13.4 Å². The monoisotopic (exact) mass is 1530 g/mol. The third kappa shape index (κ3) is 10.9.